The number of nitrogens with zero attached hydrogens (tertiary/aromatic N) is 1. The third-order valence-electron chi connectivity index (χ3n) is 4.83. The summed E-state index contributed by atoms with van der Waals surface area (Å²) in [5.74, 6) is -0.982. The lowest BCUT2D eigenvalue weighted by molar-refractivity contribution is -0.136. The average molecular weight is 416 g/mol. The van der Waals surface area contributed by atoms with E-state index in [1.807, 2.05) is 0 Å². The molecule has 0 unspecified atom stereocenters. The minimum atomic E-state index is -1.99. The molecule has 1 amide bonds. The van der Waals surface area contributed by atoms with Crippen LogP contribution in [0.15, 0.2) is 65.3 Å². The molecule has 4 rings (SSSR count). The Balaban J connectivity index is 1.73. The van der Waals surface area contributed by atoms with Crippen LogP contribution in [0.1, 0.15) is 28.1 Å². The minimum Gasteiger partial charge on any atom is -0.461 e. The summed E-state index contributed by atoms with van der Waals surface area (Å²) in [5.41, 5.74) is -0.550. The molecule has 7 heteroatoms. The van der Waals surface area contributed by atoms with Gasteiger partial charge in [-0.1, -0.05) is 47.5 Å². The van der Waals surface area contributed by atoms with Gasteiger partial charge in [-0.25, -0.2) is 0 Å². The summed E-state index contributed by atoms with van der Waals surface area (Å²) in [7, 11) is 0. The van der Waals surface area contributed by atoms with E-state index in [1.54, 1.807) is 48.5 Å². The van der Waals surface area contributed by atoms with Gasteiger partial charge in [-0.2, -0.15) is 0 Å². The highest BCUT2D eigenvalue weighted by atomic mass is 35.5. The molecule has 1 atom stereocenters. The van der Waals surface area contributed by atoms with Gasteiger partial charge < -0.3 is 14.4 Å². The SMILES string of the molecule is O=C(C[C@@]1(O)C(=O)N(Cc2c(Cl)cccc2Cl)c2ccccc21)c1ccco1. The van der Waals surface area contributed by atoms with E-state index in [-0.39, 0.29) is 12.3 Å². The number of fused-ring (bicyclic) bond motifs is 1. The largest absolute Gasteiger partial charge is 0.461 e. The summed E-state index contributed by atoms with van der Waals surface area (Å²) in [6.07, 6.45) is 0.941. The Morgan fingerprint density at radius 2 is 1.75 bits per heavy atom. The van der Waals surface area contributed by atoms with Crippen molar-refractivity contribution in [1.82, 2.24) is 0 Å². The number of hydrogen-bond acceptors (Lipinski definition) is 4. The van der Waals surface area contributed by atoms with Gasteiger partial charge in [0.25, 0.3) is 5.91 Å². The van der Waals surface area contributed by atoms with Crippen LogP contribution in [-0.2, 0) is 16.9 Å². The number of anilines is 1. The van der Waals surface area contributed by atoms with Crippen LogP contribution in [0.25, 0.3) is 0 Å². The number of halogens is 2. The minimum absolute atomic E-state index is 0.0750. The maximum Gasteiger partial charge on any atom is 0.264 e. The molecule has 2 aromatic carbocycles. The van der Waals surface area contributed by atoms with E-state index in [9.17, 15) is 14.7 Å². The van der Waals surface area contributed by atoms with Crippen LogP contribution >= 0.6 is 23.2 Å². The number of rotatable bonds is 5. The van der Waals surface area contributed by atoms with Crippen molar-refractivity contribution in [3.63, 3.8) is 0 Å². The van der Waals surface area contributed by atoms with Crippen molar-refractivity contribution < 1.29 is 19.1 Å². The van der Waals surface area contributed by atoms with Crippen molar-refractivity contribution in [2.24, 2.45) is 0 Å². The Morgan fingerprint density at radius 3 is 2.43 bits per heavy atom. The van der Waals surface area contributed by atoms with E-state index in [2.05, 4.69) is 0 Å². The van der Waals surface area contributed by atoms with Crippen LogP contribution in [0.5, 0.6) is 0 Å². The maximum absolute atomic E-state index is 13.2. The Morgan fingerprint density at radius 1 is 1.04 bits per heavy atom. The van der Waals surface area contributed by atoms with Gasteiger partial charge in [-0.3, -0.25) is 9.59 Å². The first-order valence-electron chi connectivity index (χ1n) is 8.55. The number of aliphatic hydroxyl groups is 1. The predicted molar refractivity (Wildman–Crippen MR) is 106 cm³/mol. The van der Waals surface area contributed by atoms with Gasteiger partial charge in [0.05, 0.1) is 24.9 Å². The molecule has 5 nitrogen and oxygen atoms in total. The molecule has 0 fully saturated rings. The highest BCUT2D eigenvalue weighted by molar-refractivity contribution is 6.36. The first kappa shape index (κ1) is 18.7. The second-order valence-corrected chi connectivity index (χ2v) is 7.36. The fourth-order valence-corrected chi connectivity index (χ4v) is 3.95. The van der Waals surface area contributed by atoms with Gasteiger partial charge in [0, 0.05) is 21.2 Å². The lowest BCUT2D eigenvalue weighted by Gasteiger charge is -2.23. The van der Waals surface area contributed by atoms with Crippen molar-refractivity contribution in [2.45, 2.75) is 18.6 Å². The van der Waals surface area contributed by atoms with E-state index < -0.39 is 23.7 Å². The molecular formula is C21H15Cl2NO4. The zero-order valence-corrected chi connectivity index (χ0v) is 16.1. The van der Waals surface area contributed by atoms with Crippen molar-refractivity contribution in [3.05, 3.63) is 87.8 Å². The average Bonchev–Trinajstić information content (AvgIpc) is 3.28. The summed E-state index contributed by atoms with van der Waals surface area (Å²) >= 11 is 12.5. The molecule has 1 N–H and O–H groups in total. The number of benzene rings is 2. The molecule has 1 aliphatic heterocycles. The number of furan rings is 1. The van der Waals surface area contributed by atoms with Crippen LogP contribution in [0.4, 0.5) is 5.69 Å². The number of hydrogen-bond donors (Lipinski definition) is 1. The Hall–Kier alpha value is -2.60. The van der Waals surface area contributed by atoms with Crippen molar-refractivity contribution in [1.29, 1.82) is 0 Å². The smallest absolute Gasteiger partial charge is 0.264 e. The molecule has 0 aliphatic carbocycles. The molecule has 3 aromatic rings. The van der Waals surface area contributed by atoms with Gasteiger partial charge in [-0.05, 0) is 30.3 Å². The van der Waals surface area contributed by atoms with Crippen LogP contribution in [-0.4, -0.2) is 16.8 Å². The van der Waals surface area contributed by atoms with Crippen LogP contribution < -0.4 is 4.90 Å². The van der Waals surface area contributed by atoms with E-state index in [0.717, 1.165) is 0 Å². The molecule has 0 bridgehead atoms. The Bertz CT molecular complexity index is 1040. The summed E-state index contributed by atoms with van der Waals surface area (Å²) in [6, 6.07) is 15.0. The fraction of sp³-hybridized carbons (Fsp3) is 0.143. The zero-order valence-electron chi connectivity index (χ0n) is 14.6. The van der Waals surface area contributed by atoms with E-state index in [4.69, 9.17) is 27.6 Å². The van der Waals surface area contributed by atoms with E-state index in [1.165, 1.54) is 17.2 Å². The summed E-state index contributed by atoms with van der Waals surface area (Å²) in [5, 5.41) is 12.1. The molecule has 1 aromatic heterocycles. The maximum atomic E-state index is 13.2. The summed E-state index contributed by atoms with van der Waals surface area (Å²) in [4.78, 5) is 27.2. The lowest BCUT2D eigenvalue weighted by atomic mass is 9.89. The number of para-hydroxylation sites is 1. The van der Waals surface area contributed by atoms with E-state index in [0.29, 0.717) is 26.9 Å². The lowest BCUT2D eigenvalue weighted by Crippen LogP contribution is -2.41. The normalized spacial score (nSPS) is 18.4. The topological polar surface area (TPSA) is 70.8 Å². The van der Waals surface area contributed by atoms with Gasteiger partial charge in [0.2, 0.25) is 5.78 Å². The van der Waals surface area contributed by atoms with Gasteiger partial charge >= 0.3 is 0 Å². The number of carbonyl (C=O) groups is 2. The molecule has 28 heavy (non-hydrogen) atoms. The van der Waals surface area contributed by atoms with Crippen molar-refractivity contribution in [3.8, 4) is 0 Å². The Kier molecular flexibility index (Phi) is 4.75. The second kappa shape index (κ2) is 7.09. The first-order chi connectivity index (χ1) is 13.4. The second-order valence-electron chi connectivity index (χ2n) is 6.55. The Labute approximate surface area is 171 Å². The fourth-order valence-electron chi connectivity index (χ4n) is 3.43. The van der Waals surface area contributed by atoms with Gasteiger partial charge in [0.1, 0.15) is 0 Å². The van der Waals surface area contributed by atoms with Gasteiger partial charge in [-0.15, -0.1) is 0 Å². The first-order valence-corrected chi connectivity index (χ1v) is 9.31. The molecule has 1 aliphatic rings. The molecular weight excluding hydrogens is 401 g/mol. The van der Waals surface area contributed by atoms with Crippen molar-refractivity contribution >= 4 is 40.6 Å². The third kappa shape index (κ3) is 3.02. The molecule has 142 valence electrons. The number of carbonyl (C=O) groups excluding carboxylic acids is 2. The summed E-state index contributed by atoms with van der Waals surface area (Å²) in [6.45, 7) is 0.0750. The standard InChI is InChI=1S/C21H15Cl2NO4/c22-15-6-3-7-16(23)13(15)12-24-17-8-2-1-5-14(17)21(27,20(24)26)11-18(25)19-9-4-10-28-19/h1-10,27H,11-12H2/t21-/m0/s1. The third-order valence-corrected chi connectivity index (χ3v) is 5.54. The number of amides is 1. The zero-order chi connectivity index (χ0) is 19.9. The van der Waals surface area contributed by atoms with Crippen LogP contribution in [0.2, 0.25) is 10.0 Å². The molecule has 0 saturated carbocycles. The van der Waals surface area contributed by atoms with Crippen molar-refractivity contribution in [2.75, 3.05) is 4.90 Å². The predicted octanol–water partition coefficient (Wildman–Crippen LogP) is 4.59. The number of ketones is 1. The van der Waals surface area contributed by atoms with E-state index >= 15 is 0 Å². The monoisotopic (exact) mass is 415 g/mol. The highest BCUT2D eigenvalue weighted by Crippen LogP contribution is 2.44. The quantitative estimate of drug-likeness (QED) is 0.618. The van der Waals surface area contributed by atoms with Crippen LogP contribution in [0, 0.1) is 0 Å². The highest BCUT2D eigenvalue weighted by Gasteiger charge is 2.51. The van der Waals surface area contributed by atoms with Gasteiger partial charge in [0.15, 0.2) is 11.4 Å². The molecule has 0 spiro atoms. The molecule has 2 heterocycles. The number of Topliss-reactive ketones (excluding diaryl/α,β-unsaturated/α-hetero) is 1. The molecule has 0 radical (unpaired) electrons. The molecule has 0 saturated heterocycles. The van der Waals surface area contributed by atoms with Crippen LogP contribution in [0.3, 0.4) is 0 Å². The summed E-state index contributed by atoms with van der Waals surface area (Å²) < 4.78 is 5.11.